The van der Waals surface area contributed by atoms with Crippen molar-refractivity contribution in [2.24, 2.45) is 7.05 Å². The predicted molar refractivity (Wildman–Crippen MR) is 167 cm³/mol. The van der Waals surface area contributed by atoms with Crippen LogP contribution in [-0.4, -0.2) is 51.2 Å². The lowest BCUT2D eigenvalue weighted by molar-refractivity contribution is 0.00578. The van der Waals surface area contributed by atoms with Crippen molar-refractivity contribution >= 4 is 30.0 Å². The van der Waals surface area contributed by atoms with E-state index in [1.807, 2.05) is 66.7 Å². The number of benzene rings is 2. The number of hydrogen-bond acceptors (Lipinski definition) is 6. The topological polar surface area (TPSA) is 69.1 Å². The normalized spacial score (nSPS) is 19.0. The SMILES string of the molecule is Cn1cc(-c2cc3c(cc2C(F)F)N(c2cc(B4OC(C)(C)C(C)(C)O4)cc4c2CN(C(=O)OC(C)(C)C)C4)CCC3)cn1. The number of carbonyl (C=O) groups is 1. The first-order valence-corrected chi connectivity index (χ1v) is 15.2. The molecule has 11 heteroatoms. The van der Waals surface area contributed by atoms with E-state index >= 15 is 0 Å². The molecule has 6 rings (SSSR count). The lowest BCUT2D eigenvalue weighted by Crippen LogP contribution is -2.41. The molecular weight excluding hydrogens is 565 g/mol. The molecule has 1 aromatic heterocycles. The van der Waals surface area contributed by atoms with Gasteiger partial charge in [0.05, 0.1) is 23.9 Å². The Morgan fingerprint density at radius 3 is 2.34 bits per heavy atom. The maximum Gasteiger partial charge on any atom is 0.494 e. The van der Waals surface area contributed by atoms with Crippen LogP contribution in [0.3, 0.4) is 0 Å². The first-order valence-electron chi connectivity index (χ1n) is 15.2. The van der Waals surface area contributed by atoms with Crippen molar-refractivity contribution in [3.63, 3.8) is 0 Å². The van der Waals surface area contributed by atoms with Gasteiger partial charge in [-0.05, 0) is 102 Å². The molecule has 1 amide bonds. The highest BCUT2D eigenvalue weighted by Gasteiger charge is 2.52. The van der Waals surface area contributed by atoms with Crippen molar-refractivity contribution in [2.75, 3.05) is 11.4 Å². The Hall–Kier alpha value is -3.44. The van der Waals surface area contributed by atoms with E-state index in [-0.39, 0.29) is 5.56 Å². The number of carbonyl (C=O) groups excluding carboxylic acids is 1. The molecule has 0 aliphatic carbocycles. The average Bonchev–Trinajstić information content (AvgIpc) is 3.61. The molecule has 44 heavy (non-hydrogen) atoms. The van der Waals surface area contributed by atoms with E-state index < -0.39 is 36.4 Å². The fourth-order valence-electron chi connectivity index (χ4n) is 6.22. The van der Waals surface area contributed by atoms with Crippen molar-refractivity contribution in [1.82, 2.24) is 14.7 Å². The Balaban J connectivity index is 1.46. The number of aryl methyl sites for hydroxylation is 2. The van der Waals surface area contributed by atoms with Crippen LogP contribution >= 0.6 is 0 Å². The van der Waals surface area contributed by atoms with E-state index in [4.69, 9.17) is 14.0 Å². The molecule has 0 radical (unpaired) electrons. The number of ether oxygens (including phenoxy) is 1. The van der Waals surface area contributed by atoms with Crippen LogP contribution in [0.2, 0.25) is 0 Å². The Bertz CT molecular complexity index is 1600. The monoisotopic (exact) mass is 606 g/mol. The molecule has 3 aliphatic heterocycles. The zero-order valence-corrected chi connectivity index (χ0v) is 26.8. The summed E-state index contributed by atoms with van der Waals surface area (Å²) < 4.78 is 49.4. The number of amides is 1. The number of rotatable bonds is 4. The van der Waals surface area contributed by atoms with Gasteiger partial charge in [-0.15, -0.1) is 0 Å². The zero-order valence-electron chi connectivity index (χ0n) is 26.8. The minimum Gasteiger partial charge on any atom is -0.444 e. The van der Waals surface area contributed by atoms with E-state index in [0.29, 0.717) is 30.8 Å². The second-order valence-electron chi connectivity index (χ2n) is 14.1. The highest BCUT2D eigenvalue weighted by atomic mass is 19.3. The Morgan fingerprint density at radius 2 is 1.73 bits per heavy atom. The third-order valence-corrected chi connectivity index (χ3v) is 9.14. The second-order valence-corrected chi connectivity index (χ2v) is 14.1. The third-order valence-electron chi connectivity index (χ3n) is 9.14. The molecule has 0 bridgehead atoms. The van der Waals surface area contributed by atoms with E-state index in [2.05, 4.69) is 10.00 Å². The van der Waals surface area contributed by atoms with Gasteiger partial charge in [0, 0.05) is 54.4 Å². The summed E-state index contributed by atoms with van der Waals surface area (Å²) in [6.45, 7) is 15.0. The molecule has 1 fully saturated rings. The van der Waals surface area contributed by atoms with Crippen molar-refractivity contribution < 1.29 is 27.6 Å². The molecule has 0 unspecified atom stereocenters. The van der Waals surface area contributed by atoms with Crippen molar-refractivity contribution in [1.29, 1.82) is 0 Å². The van der Waals surface area contributed by atoms with Crippen LogP contribution in [0, 0.1) is 0 Å². The number of halogens is 2. The van der Waals surface area contributed by atoms with Crippen molar-refractivity contribution in [3.8, 4) is 11.1 Å². The lowest BCUT2D eigenvalue weighted by Gasteiger charge is -2.34. The van der Waals surface area contributed by atoms with Crippen LogP contribution in [0.5, 0.6) is 0 Å². The van der Waals surface area contributed by atoms with Gasteiger partial charge in [-0.1, -0.05) is 6.07 Å². The van der Waals surface area contributed by atoms with Gasteiger partial charge in [0.1, 0.15) is 5.60 Å². The molecule has 4 heterocycles. The molecular formula is C33H41BF2N4O4. The highest BCUT2D eigenvalue weighted by molar-refractivity contribution is 6.62. The molecule has 0 atom stereocenters. The quantitative estimate of drug-likeness (QED) is 0.310. The molecule has 2 aromatic carbocycles. The summed E-state index contributed by atoms with van der Waals surface area (Å²) in [5.41, 5.74) is 4.82. The highest BCUT2D eigenvalue weighted by Crippen LogP contribution is 2.44. The minimum absolute atomic E-state index is 0.0298. The van der Waals surface area contributed by atoms with Gasteiger partial charge in [0.2, 0.25) is 0 Å². The van der Waals surface area contributed by atoms with Gasteiger partial charge in [0.25, 0.3) is 6.43 Å². The number of fused-ring (bicyclic) bond motifs is 2. The molecule has 0 saturated carbocycles. The standard InChI is InChI=1S/C33H41BF2N4O4/c1-31(2,3)42-30(41)39-18-21-12-23(34-43-32(4,5)33(6,7)44-34)14-28(26(21)19-39)40-11-9-10-20-13-24(22-16-37-38(8)17-22)25(29(35)36)15-27(20)40/h12-17,29H,9-11,18-19H2,1-8H3. The Morgan fingerprint density at radius 1 is 1.02 bits per heavy atom. The van der Waals surface area contributed by atoms with Gasteiger partial charge < -0.3 is 18.9 Å². The number of aromatic nitrogens is 2. The third kappa shape index (κ3) is 5.49. The van der Waals surface area contributed by atoms with Crippen LogP contribution in [0.25, 0.3) is 11.1 Å². The summed E-state index contributed by atoms with van der Waals surface area (Å²) in [6, 6.07) is 7.62. The van der Waals surface area contributed by atoms with E-state index in [9.17, 15) is 13.6 Å². The molecule has 234 valence electrons. The maximum atomic E-state index is 14.6. The largest absolute Gasteiger partial charge is 0.494 e. The summed E-state index contributed by atoms with van der Waals surface area (Å²) >= 11 is 0. The number of nitrogens with zero attached hydrogens (tertiary/aromatic N) is 4. The lowest BCUT2D eigenvalue weighted by atomic mass is 9.77. The molecule has 0 N–H and O–H groups in total. The van der Waals surface area contributed by atoms with Crippen LogP contribution in [-0.2, 0) is 40.6 Å². The van der Waals surface area contributed by atoms with Crippen molar-refractivity contribution in [3.05, 3.63) is 58.9 Å². The fraction of sp³-hybridized carbons (Fsp3) is 0.515. The zero-order chi connectivity index (χ0) is 31.8. The molecule has 3 aliphatic rings. The maximum absolute atomic E-state index is 14.6. The second kappa shape index (κ2) is 10.6. The fourth-order valence-corrected chi connectivity index (χ4v) is 6.22. The smallest absolute Gasteiger partial charge is 0.444 e. The van der Waals surface area contributed by atoms with Gasteiger partial charge in [-0.2, -0.15) is 5.10 Å². The number of alkyl halides is 2. The van der Waals surface area contributed by atoms with Gasteiger partial charge >= 0.3 is 13.2 Å². The van der Waals surface area contributed by atoms with E-state index in [0.717, 1.165) is 46.4 Å². The average molecular weight is 607 g/mol. The molecule has 8 nitrogen and oxygen atoms in total. The first-order chi connectivity index (χ1) is 20.5. The van der Waals surface area contributed by atoms with Crippen LogP contribution in [0.4, 0.5) is 25.0 Å². The van der Waals surface area contributed by atoms with Gasteiger partial charge in [-0.3, -0.25) is 9.58 Å². The molecule has 1 saturated heterocycles. The van der Waals surface area contributed by atoms with Gasteiger partial charge in [0.15, 0.2) is 0 Å². The summed E-state index contributed by atoms with van der Waals surface area (Å²) in [5.74, 6) is 0. The summed E-state index contributed by atoms with van der Waals surface area (Å²) in [7, 11) is 1.16. The number of hydrogen-bond donors (Lipinski definition) is 0. The van der Waals surface area contributed by atoms with E-state index in [1.165, 1.54) is 0 Å². The molecule has 3 aromatic rings. The summed E-state index contributed by atoms with van der Waals surface area (Å²) in [6.07, 6.45) is 1.95. The summed E-state index contributed by atoms with van der Waals surface area (Å²) in [5, 5.41) is 4.21. The predicted octanol–water partition coefficient (Wildman–Crippen LogP) is 6.66. The van der Waals surface area contributed by atoms with Gasteiger partial charge in [-0.25, -0.2) is 13.6 Å². The Kier molecular flexibility index (Phi) is 7.36. The summed E-state index contributed by atoms with van der Waals surface area (Å²) in [4.78, 5) is 17.0. The van der Waals surface area contributed by atoms with Crippen LogP contribution in [0.1, 0.15) is 83.6 Å². The minimum atomic E-state index is -2.66. The van der Waals surface area contributed by atoms with Crippen LogP contribution < -0.4 is 10.4 Å². The molecule has 0 spiro atoms. The Labute approximate surface area is 258 Å². The van der Waals surface area contributed by atoms with E-state index in [1.54, 1.807) is 35.1 Å². The number of anilines is 2. The van der Waals surface area contributed by atoms with Crippen LogP contribution in [0.15, 0.2) is 36.7 Å². The first kappa shape index (κ1) is 30.6. The van der Waals surface area contributed by atoms with Crippen molar-refractivity contribution in [2.45, 2.75) is 97.6 Å².